The van der Waals surface area contributed by atoms with Crippen LogP contribution in [0, 0.1) is 0 Å². The summed E-state index contributed by atoms with van der Waals surface area (Å²) in [5, 5.41) is 9.05. The Morgan fingerprint density at radius 2 is 2.10 bits per heavy atom. The minimum absolute atomic E-state index is 0.0271. The maximum Gasteiger partial charge on any atom is 0.242 e. The molecule has 1 aliphatic heterocycles. The lowest BCUT2D eigenvalue weighted by molar-refractivity contribution is 0.204. The molecule has 0 aliphatic carbocycles. The molecule has 0 amide bonds. The minimum Gasteiger partial charge on any atom is -0.473 e. The number of aliphatic hydroxyl groups is 1. The van der Waals surface area contributed by atoms with Gasteiger partial charge in [0.15, 0.2) is 5.82 Å². The second-order valence-corrected chi connectivity index (χ2v) is 5.49. The molecule has 0 atom stereocenters. The molecular weight excluding hydrogens is 270 g/mol. The molecule has 21 heavy (non-hydrogen) atoms. The van der Waals surface area contributed by atoms with Crippen molar-refractivity contribution in [3.05, 3.63) is 6.33 Å². The number of aliphatic hydroxyl groups excluding tert-OH is 1. The van der Waals surface area contributed by atoms with Gasteiger partial charge < -0.3 is 20.5 Å². The molecule has 0 spiro atoms. The number of β-amino-alcohol motifs (C(OH)–C–C–N with tert-alkyl or cyclic N) is 1. The van der Waals surface area contributed by atoms with Gasteiger partial charge >= 0.3 is 0 Å². The molecule has 2 heterocycles. The molecule has 118 valence electrons. The Balaban J connectivity index is 2.10. The number of ether oxygens (including phenoxy) is 1. The zero-order valence-electron chi connectivity index (χ0n) is 12.8. The molecule has 0 radical (unpaired) electrons. The maximum absolute atomic E-state index is 9.05. The Morgan fingerprint density at radius 1 is 1.29 bits per heavy atom. The first-order valence-electron chi connectivity index (χ1n) is 7.47. The Bertz CT molecular complexity index is 455. The Labute approximate surface area is 125 Å². The lowest BCUT2D eigenvalue weighted by Crippen LogP contribution is -2.33. The quantitative estimate of drug-likeness (QED) is 0.810. The number of hydrogen-bond donors (Lipinski definition) is 2. The van der Waals surface area contributed by atoms with Crippen molar-refractivity contribution in [3.63, 3.8) is 0 Å². The van der Waals surface area contributed by atoms with Crippen LogP contribution >= 0.6 is 0 Å². The van der Waals surface area contributed by atoms with Crippen molar-refractivity contribution in [2.24, 2.45) is 0 Å². The first-order chi connectivity index (χ1) is 10.1. The number of aromatic nitrogens is 2. The van der Waals surface area contributed by atoms with Gasteiger partial charge in [-0.05, 0) is 26.8 Å². The van der Waals surface area contributed by atoms with Crippen LogP contribution in [-0.2, 0) is 0 Å². The zero-order chi connectivity index (χ0) is 15.2. The van der Waals surface area contributed by atoms with E-state index in [4.69, 9.17) is 15.6 Å². The van der Waals surface area contributed by atoms with Gasteiger partial charge in [0.25, 0.3) is 0 Å². The summed E-state index contributed by atoms with van der Waals surface area (Å²) in [5.74, 6) is 1.19. The average Bonchev–Trinajstić information content (AvgIpc) is 2.67. The van der Waals surface area contributed by atoms with E-state index in [0.29, 0.717) is 11.6 Å². The molecule has 0 bridgehead atoms. The zero-order valence-corrected chi connectivity index (χ0v) is 12.8. The molecule has 3 N–H and O–H groups in total. The highest BCUT2D eigenvalue weighted by Gasteiger charge is 2.20. The van der Waals surface area contributed by atoms with Crippen molar-refractivity contribution in [3.8, 4) is 5.88 Å². The first kappa shape index (κ1) is 15.8. The van der Waals surface area contributed by atoms with Crippen LogP contribution in [0.4, 0.5) is 11.5 Å². The number of hydrogen-bond acceptors (Lipinski definition) is 7. The highest BCUT2D eigenvalue weighted by Crippen LogP contribution is 2.29. The minimum atomic E-state index is 0.0271. The van der Waals surface area contributed by atoms with E-state index in [1.165, 1.54) is 6.33 Å². The Morgan fingerprint density at radius 3 is 2.81 bits per heavy atom. The average molecular weight is 295 g/mol. The summed E-state index contributed by atoms with van der Waals surface area (Å²) in [6, 6.07) is 0. The first-order valence-corrected chi connectivity index (χ1v) is 7.47. The summed E-state index contributed by atoms with van der Waals surface area (Å²) < 4.78 is 5.62. The normalized spacial score (nSPS) is 17.0. The number of nitrogens with two attached hydrogens (primary N) is 1. The summed E-state index contributed by atoms with van der Waals surface area (Å²) in [6.07, 6.45) is 2.54. The lowest BCUT2D eigenvalue weighted by atomic mass is 10.3. The van der Waals surface area contributed by atoms with Crippen LogP contribution in [0.5, 0.6) is 5.88 Å². The van der Waals surface area contributed by atoms with E-state index in [2.05, 4.69) is 19.8 Å². The van der Waals surface area contributed by atoms with Gasteiger partial charge in [0.05, 0.1) is 12.7 Å². The van der Waals surface area contributed by atoms with Crippen LogP contribution in [-0.4, -0.2) is 65.4 Å². The molecule has 1 fully saturated rings. The van der Waals surface area contributed by atoms with Crippen LogP contribution in [0.25, 0.3) is 0 Å². The highest BCUT2D eigenvalue weighted by atomic mass is 16.5. The van der Waals surface area contributed by atoms with Crippen molar-refractivity contribution in [1.82, 2.24) is 14.9 Å². The Hall–Kier alpha value is -1.60. The summed E-state index contributed by atoms with van der Waals surface area (Å²) >= 11 is 0. The standard InChI is InChI=1S/C14H25N5O2/c1-11(2)21-14-12(15)13(16-10-17-14)19-5-3-4-18(6-7-19)8-9-20/h10-11,20H,3-9,15H2,1-2H3. The van der Waals surface area contributed by atoms with Crippen molar-refractivity contribution in [2.45, 2.75) is 26.4 Å². The molecule has 1 aromatic heterocycles. The number of rotatable bonds is 5. The molecule has 7 nitrogen and oxygen atoms in total. The largest absolute Gasteiger partial charge is 0.473 e. The smallest absolute Gasteiger partial charge is 0.242 e. The van der Waals surface area contributed by atoms with Crippen molar-refractivity contribution < 1.29 is 9.84 Å². The van der Waals surface area contributed by atoms with Gasteiger partial charge in [0.1, 0.15) is 12.0 Å². The van der Waals surface area contributed by atoms with E-state index in [1.807, 2.05) is 13.8 Å². The molecule has 0 aromatic carbocycles. The van der Waals surface area contributed by atoms with Crippen LogP contribution in [0.15, 0.2) is 6.33 Å². The molecule has 0 unspecified atom stereocenters. The highest BCUT2D eigenvalue weighted by molar-refractivity contribution is 5.67. The summed E-state index contributed by atoms with van der Waals surface area (Å²) in [6.45, 7) is 8.41. The molecular formula is C14H25N5O2. The van der Waals surface area contributed by atoms with Gasteiger partial charge in [0, 0.05) is 26.2 Å². The van der Waals surface area contributed by atoms with E-state index in [9.17, 15) is 0 Å². The molecule has 1 saturated heterocycles. The van der Waals surface area contributed by atoms with Crippen LogP contribution in [0.3, 0.4) is 0 Å². The van der Waals surface area contributed by atoms with Gasteiger partial charge in [-0.2, -0.15) is 4.98 Å². The van der Waals surface area contributed by atoms with Crippen LogP contribution < -0.4 is 15.4 Å². The van der Waals surface area contributed by atoms with Crippen molar-refractivity contribution in [1.29, 1.82) is 0 Å². The van der Waals surface area contributed by atoms with Crippen molar-refractivity contribution in [2.75, 3.05) is 50.0 Å². The molecule has 2 rings (SSSR count). The Kier molecular flexibility index (Phi) is 5.58. The third-order valence-corrected chi connectivity index (χ3v) is 3.48. The molecule has 7 heteroatoms. The van der Waals surface area contributed by atoms with E-state index in [0.717, 1.165) is 45.0 Å². The third kappa shape index (κ3) is 4.18. The van der Waals surface area contributed by atoms with Gasteiger partial charge in [0.2, 0.25) is 5.88 Å². The van der Waals surface area contributed by atoms with E-state index in [-0.39, 0.29) is 12.7 Å². The van der Waals surface area contributed by atoms with Crippen LogP contribution in [0.2, 0.25) is 0 Å². The topological polar surface area (TPSA) is 87.7 Å². The van der Waals surface area contributed by atoms with Crippen molar-refractivity contribution >= 4 is 11.5 Å². The summed E-state index contributed by atoms with van der Waals surface area (Å²) in [7, 11) is 0. The number of nitrogen functional groups attached to an aromatic ring is 1. The maximum atomic E-state index is 9.05. The van der Waals surface area contributed by atoms with Gasteiger partial charge in [-0.25, -0.2) is 4.98 Å². The number of nitrogens with zero attached hydrogens (tertiary/aromatic N) is 4. The summed E-state index contributed by atoms with van der Waals surface area (Å²) in [5.41, 5.74) is 6.66. The van der Waals surface area contributed by atoms with Gasteiger partial charge in [-0.3, -0.25) is 4.90 Å². The number of anilines is 2. The fraction of sp³-hybridized carbons (Fsp3) is 0.714. The SMILES string of the molecule is CC(C)Oc1ncnc(N2CCCN(CCO)CC2)c1N. The molecule has 1 aromatic rings. The second kappa shape index (κ2) is 7.42. The van der Waals surface area contributed by atoms with E-state index < -0.39 is 0 Å². The monoisotopic (exact) mass is 295 g/mol. The van der Waals surface area contributed by atoms with Crippen LogP contribution in [0.1, 0.15) is 20.3 Å². The third-order valence-electron chi connectivity index (χ3n) is 3.48. The predicted molar refractivity (Wildman–Crippen MR) is 82.6 cm³/mol. The van der Waals surface area contributed by atoms with E-state index >= 15 is 0 Å². The fourth-order valence-electron chi connectivity index (χ4n) is 2.49. The van der Waals surface area contributed by atoms with Gasteiger partial charge in [-0.15, -0.1) is 0 Å². The molecule has 0 saturated carbocycles. The fourth-order valence-corrected chi connectivity index (χ4v) is 2.49. The van der Waals surface area contributed by atoms with E-state index in [1.54, 1.807) is 0 Å². The predicted octanol–water partition coefficient (Wildman–Crippen LogP) is 0.350. The lowest BCUT2D eigenvalue weighted by Gasteiger charge is -2.24. The molecule has 1 aliphatic rings. The summed E-state index contributed by atoms with van der Waals surface area (Å²) in [4.78, 5) is 12.9. The second-order valence-electron chi connectivity index (χ2n) is 5.49. The van der Waals surface area contributed by atoms with Gasteiger partial charge in [-0.1, -0.05) is 0 Å².